The van der Waals surface area contributed by atoms with E-state index >= 15 is 0 Å². The molecule has 1 rings (SSSR count). The van der Waals surface area contributed by atoms with Crippen LogP contribution in [-0.2, 0) is 0 Å². The molecule has 0 saturated carbocycles. The molecule has 17 heavy (non-hydrogen) atoms. The van der Waals surface area contributed by atoms with Gasteiger partial charge in [-0.1, -0.05) is 44.7 Å². The molecule has 1 heterocycles. The van der Waals surface area contributed by atoms with Crippen LogP contribution in [0.4, 0.5) is 4.39 Å². The summed E-state index contributed by atoms with van der Waals surface area (Å²) in [5, 5.41) is 0.285. The van der Waals surface area contributed by atoms with Crippen molar-refractivity contribution in [2.75, 3.05) is 6.61 Å². The number of ether oxygens (including phenoxy) is 1. The van der Waals surface area contributed by atoms with Gasteiger partial charge in [0.15, 0.2) is 5.82 Å². The lowest BCUT2D eigenvalue weighted by Crippen LogP contribution is -2.12. The summed E-state index contributed by atoms with van der Waals surface area (Å²) in [6, 6.07) is 1.22. The molecule has 96 valence electrons. The number of halogens is 2. The van der Waals surface area contributed by atoms with Gasteiger partial charge in [0.2, 0.25) is 5.88 Å². The van der Waals surface area contributed by atoms with Gasteiger partial charge in [-0.2, -0.15) is 0 Å². The third kappa shape index (κ3) is 4.90. The van der Waals surface area contributed by atoms with Crippen molar-refractivity contribution >= 4 is 11.6 Å². The maximum absolute atomic E-state index is 13.4. The van der Waals surface area contributed by atoms with Gasteiger partial charge in [0.05, 0.1) is 11.6 Å². The molecule has 0 spiro atoms. The van der Waals surface area contributed by atoms with E-state index in [2.05, 4.69) is 18.8 Å². The molecule has 0 aliphatic heterocycles. The Balaban J connectivity index is 2.47. The second kappa shape index (κ2) is 7.49. The SMILES string of the molecule is CCCCC(CC)COc1ncc(Cl)cc1F. The maximum Gasteiger partial charge on any atom is 0.250 e. The van der Waals surface area contributed by atoms with Crippen molar-refractivity contribution in [3.8, 4) is 5.88 Å². The number of nitrogens with zero attached hydrogens (tertiary/aromatic N) is 1. The molecule has 1 aromatic heterocycles. The fraction of sp³-hybridized carbons (Fsp3) is 0.615. The summed E-state index contributed by atoms with van der Waals surface area (Å²) in [5.41, 5.74) is 0. The van der Waals surface area contributed by atoms with Crippen molar-refractivity contribution in [1.82, 2.24) is 4.98 Å². The Morgan fingerprint density at radius 2 is 2.24 bits per heavy atom. The van der Waals surface area contributed by atoms with Gasteiger partial charge < -0.3 is 4.74 Å². The number of unbranched alkanes of at least 4 members (excludes halogenated alkanes) is 1. The van der Waals surface area contributed by atoms with Crippen LogP contribution in [-0.4, -0.2) is 11.6 Å². The fourth-order valence-electron chi connectivity index (χ4n) is 1.60. The predicted molar refractivity (Wildman–Crippen MR) is 68.0 cm³/mol. The largest absolute Gasteiger partial charge is 0.475 e. The first-order valence-electron chi connectivity index (χ1n) is 6.11. The van der Waals surface area contributed by atoms with Crippen molar-refractivity contribution in [3.05, 3.63) is 23.1 Å². The zero-order chi connectivity index (χ0) is 12.7. The van der Waals surface area contributed by atoms with Gasteiger partial charge >= 0.3 is 0 Å². The van der Waals surface area contributed by atoms with Crippen LogP contribution < -0.4 is 4.74 Å². The number of hydrogen-bond acceptors (Lipinski definition) is 2. The molecule has 2 nitrogen and oxygen atoms in total. The van der Waals surface area contributed by atoms with Crippen molar-refractivity contribution in [3.63, 3.8) is 0 Å². The molecule has 0 aliphatic carbocycles. The number of hydrogen-bond donors (Lipinski definition) is 0. The van der Waals surface area contributed by atoms with Crippen LogP contribution in [0.15, 0.2) is 12.3 Å². The highest BCUT2D eigenvalue weighted by atomic mass is 35.5. The summed E-state index contributed by atoms with van der Waals surface area (Å²) >= 11 is 5.62. The maximum atomic E-state index is 13.4. The van der Waals surface area contributed by atoms with Crippen LogP contribution in [0.1, 0.15) is 39.5 Å². The zero-order valence-corrected chi connectivity index (χ0v) is 11.1. The van der Waals surface area contributed by atoms with Gasteiger partial charge in [-0.05, 0) is 18.4 Å². The molecule has 0 aliphatic rings. The van der Waals surface area contributed by atoms with Gasteiger partial charge in [-0.25, -0.2) is 9.37 Å². The Kier molecular flexibility index (Phi) is 6.27. The molecule has 0 bridgehead atoms. The van der Waals surface area contributed by atoms with Crippen molar-refractivity contribution in [2.24, 2.45) is 5.92 Å². The average molecular weight is 260 g/mol. The van der Waals surface area contributed by atoms with Crippen LogP contribution >= 0.6 is 11.6 Å². The van der Waals surface area contributed by atoms with Crippen LogP contribution in [0.5, 0.6) is 5.88 Å². The van der Waals surface area contributed by atoms with Crippen LogP contribution in [0, 0.1) is 11.7 Å². The molecule has 0 radical (unpaired) electrons. The van der Waals surface area contributed by atoms with Gasteiger partial charge in [0.25, 0.3) is 0 Å². The van der Waals surface area contributed by atoms with Gasteiger partial charge in [-0.15, -0.1) is 0 Å². The minimum Gasteiger partial charge on any atom is -0.475 e. The second-order valence-corrected chi connectivity index (χ2v) is 4.60. The Bertz CT molecular complexity index is 346. The first kappa shape index (κ1) is 14.2. The van der Waals surface area contributed by atoms with E-state index in [0.717, 1.165) is 12.8 Å². The number of aromatic nitrogens is 1. The lowest BCUT2D eigenvalue weighted by Gasteiger charge is -2.15. The first-order valence-corrected chi connectivity index (χ1v) is 6.49. The monoisotopic (exact) mass is 259 g/mol. The Morgan fingerprint density at radius 3 is 2.82 bits per heavy atom. The predicted octanol–water partition coefficient (Wildman–Crippen LogP) is 4.47. The highest BCUT2D eigenvalue weighted by molar-refractivity contribution is 6.30. The Morgan fingerprint density at radius 1 is 1.47 bits per heavy atom. The van der Waals surface area contributed by atoms with E-state index in [1.165, 1.54) is 25.1 Å². The Hall–Kier alpha value is -0.830. The summed E-state index contributed by atoms with van der Waals surface area (Å²) in [6.45, 7) is 4.80. The van der Waals surface area contributed by atoms with E-state index in [1.54, 1.807) is 0 Å². The van der Waals surface area contributed by atoms with Crippen molar-refractivity contribution < 1.29 is 9.13 Å². The van der Waals surface area contributed by atoms with E-state index in [9.17, 15) is 4.39 Å². The number of rotatable bonds is 7. The van der Waals surface area contributed by atoms with Gasteiger partial charge in [0, 0.05) is 6.20 Å². The Labute approximate surface area is 107 Å². The van der Waals surface area contributed by atoms with E-state index in [4.69, 9.17) is 16.3 Å². The van der Waals surface area contributed by atoms with Gasteiger partial charge in [0.1, 0.15) is 0 Å². The lowest BCUT2D eigenvalue weighted by molar-refractivity contribution is 0.217. The fourth-order valence-corrected chi connectivity index (χ4v) is 1.75. The molecule has 1 unspecified atom stereocenters. The molecule has 0 saturated heterocycles. The molecule has 0 aromatic carbocycles. The summed E-state index contributed by atoms with van der Waals surface area (Å²) < 4.78 is 18.8. The summed E-state index contributed by atoms with van der Waals surface area (Å²) in [5.74, 6) is 0.0130. The molecular formula is C13H19ClFNO. The average Bonchev–Trinajstić information content (AvgIpc) is 2.31. The third-order valence-electron chi connectivity index (χ3n) is 2.77. The summed E-state index contributed by atoms with van der Waals surface area (Å²) in [6.07, 6.45) is 5.90. The standard InChI is InChI=1S/C13H19ClFNO/c1-3-5-6-10(4-2)9-17-13-12(15)7-11(14)8-16-13/h7-8,10H,3-6,9H2,1-2H3. The molecule has 1 aromatic rings. The summed E-state index contributed by atoms with van der Waals surface area (Å²) in [7, 11) is 0. The van der Waals surface area contributed by atoms with E-state index in [0.29, 0.717) is 12.5 Å². The minimum absolute atomic E-state index is 0.0457. The topological polar surface area (TPSA) is 22.1 Å². The third-order valence-corrected chi connectivity index (χ3v) is 2.98. The van der Waals surface area contributed by atoms with Gasteiger partial charge in [-0.3, -0.25) is 0 Å². The van der Waals surface area contributed by atoms with Crippen molar-refractivity contribution in [1.29, 1.82) is 0 Å². The first-order chi connectivity index (χ1) is 8.17. The van der Waals surface area contributed by atoms with E-state index in [-0.39, 0.29) is 10.9 Å². The van der Waals surface area contributed by atoms with Crippen molar-refractivity contribution in [2.45, 2.75) is 39.5 Å². The van der Waals surface area contributed by atoms with E-state index < -0.39 is 5.82 Å². The molecule has 0 fully saturated rings. The zero-order valence-electron chi connectivity index (χ0n) is 10.4. The lowest BCUT2D eigenvalue weighted by atomic mass is 10.0. The molecule has 0 N–H and O–H groups in total. The normalized spacial score (nSPS) is 12.5. The van der Waals surface area contributed by atoms with Crippen LogP contribution in [0.2, 0.25) is 5.02 Å². The highest BCUT2D eigenvalue weighted by Crippen LogP contribution is 2.20. The molecular weight excluding hydrogens is 241 g/mol. The summed E-state index contributed by atoms with van der Waals surface area (Å²) in [4.78, 5) is 3.84. The smallest absolute Gasteiger partial charge is 0.250 e. The molecule has 0 amide bonds. The van der Waals surface area contributed by atoms with E-state index in [1.807, 2.05) is 0 Å². The minimum atomic E-state index is -0.497. The second-order valence-electron chi connectivity index (χ2n) is 4.17. The molecule has 4 heteroatoms. The van der Waals surface area contributed by atoms with Crippen LogP contribution in [0.3, 0.4) is 0 Å². The molecule has 1 atom stereocenters. The quantitative estimate of drug-likeness (QED) is 0.721. The van der Waals surface area contributed by atoms with Crippen LogP contribution in [0.25, 0.3) is 0 Å². The highest BCUT2D eigenvalue weighted by Gasteiger charge is 2.10. The number of pyridine rings is 1.